The number of aryl methyl sites for hydroxylation is 1. The average molecular weight is 359 g/mol. The van der Waals surface area contributed by atoms with Crippen molar-refractivity contribution in [2.24, 2.45) is 7.05 Å². The molecule has 1 aliphatic rings. The molecule has 2 heterocycles. The van der Waals surface area contributed by atoms with Crippen LogP contribution in [0.15, 0.2) is 30.6 Å². The smallest absolute Gasteiger partial charge is 0.293 e. The molecule has 9 nitrogen and oxygen atoms in total. The van der Waals surface area contributed by atoms with Gasteiger partial charge < -0.3 is 19.5 Å². The molecule has 1 atom stereocenters. The average Bonchev–Trinajstić information content (AvgIpc) is 3.05. The molecule has 26 heavy (non-hydrogen) atoms. The standard InChI is InChI=1S/C17H21N5O4/c1-20-7-8-26-13(11-20)10-19-14-4-3-12(9-15(14)22(24)25)16(23)17-18-5-6-21(17)2/h3-6,9,13,19H,7-8,10-11H2,1-2H3. The van der Waals surface area contributed by atoms with Gasteiger partial charge in [0.2, 0.25) is 5.78 Å². The summed E-state index contributed by atoms with van der Waals surface area (Å²) in [5.41, 5.74) is 0.447. The van der Waals surface area contributed by atoms with Crippen molar-refractivity contribution in [3.05, 3.63) is 52.1 Å². The number of carbonyl (C=O) groups is 1. The largest absolute Gasteiger partial charge is 0.377 e. The fourth-order valence-electron chi connectivity index (χ4n) is 2.90. The number of likely N-dealkylation sites (N-methyl/N-ethyl adjacent to an activating group) is 1. The maximum absolute atomic E-state index is 12.5. The molecular weight excluding hydrogens is 338 g/mol. The van der Waals surface area contributed by atoms with Crippen molar-refractivity contribution in [3.63, 3.8) is 0 Å². The number of nitrogens with one attached hydrogen (secondary N) is 1. The molecule has 2 aromatic rings. The molecule has 1 aromatic heterocycles. The number of benzene rings is 1. The Labute approximate surface area is 150 Å². The molecule has 3 rings (SSSR count). The first-order valence-electron chi connectivity index (χ1n) is 8.30. The lowest BCUT2D eigenvalue weighted by molar-refractivity contribution is -0.384. The van der Waals surface area contributed by atoms with Gasteiger partial charge in [0.25, 0.3) is 5.69 Å². The van der Waals surface area contributed by atoms with Crippen molar-refractivity contribution >= 4 is 17.2 Å². The third-order valence-corrected chi connectivity index (χ3v) is 4.34. The van der Waals surface area contributed by atoms with Gasteiger partial charge in [-0.3, -0.25) is 14.9 Å². The van der Waals surface area contributed by atoms with E-state index in [2.05, 4.69) is 15.2 Å². The Balaban J connectivity index is 1.77. The van der Waals surface area contributed by atoms with Gasteiger partial charge in [0.05, 0.1) is 17.6 Å². The molecule has 1 aromatic carbocycles. The van der Waals surface area contributed by atoms with E-state index in [1.54, 1.807) is 29.9 Å². The Morgan fingerprint density at radius 1 is 1.46 bits per heavy atom. The number of imidazole rings is 1. The van der Waals surface area contributed by atoms with E-state index in [1.807, 2.05) is 7.05 Å². The summed E-state index contributed by atoms with van der Waals surface area (Å²) in [6.45, 7) is 2.73. The van der Waals surface area contributed by atoms with Crippen LogP contribution in [0.25, 0.3) is 0 Å². The quantitative estimate of drug-likeness (QED) is 0.471. The second-order valence-electron chi connectivity index (χ2n) is 6.32. The number of hydrogen-bond acceptors (Lipinski definition) is 7. The molecule has 0 bridgehead atoms. The second-order valence-corrected chi connectivity index (χ2v) is 6.32. The summed E-state index contributed by atoms with van der Waals surface area (Å²) < 4.78 is 7.24. The Kier molecular flexibility index (Phi) is 5.29. The number of carbonyl (C=O) groups excluding carboxylic acids is 1. The predicted octanol–water partition coefficient (Wildman–Crippen LogP) is 1.30. The van der Waals surface area contributed by atoms with Crippen LogP contribution in [0, 0.1) is 10.1 Å². The topological polar surface area (TPSA) is 103 Å². The molecule has 0 aliphatic carbocycles. The summed E-state index contributed by atoms with van der Waals surface area (Å²) in [6, 6.07) is 4.41. The van der Waals surface area contributed by atoms with Crippen molar-refractivity contribution in [2.45, 2.75) is 6.10 Å². The van der Waals surface area contributed by atoms with Crippen LogP contribution >= 0.6 is 0 Å². The fraction of sp³-hybridized carbons (Fsp3) is 0.412. The zero-order valence-electron chi connectivity index (χ0n) is 14.7. The first kappa shape index (κ1) is 18.0. The minimum Gasteiger partial charge on any atom is -0.377 e. The molecule has 0 spiro atoms. The highest BCUT2D eigenvalue weighted by molar-refractivity contribution is 6.07. The Morgan fingerprint density at radius 3 is 2.92 bits per heavy atom. The molecule has 1 saturated heterocycles. The predicted molar refractivity (Wildman–Crippen MR) is 95.5 cm³/mol. The first-order valence-corrected chi connectivity index (χ1v) is 8.30. The Morgan fingerprint density at radius 2 is 2.27 bits per heavy atom. The number of nitrogens with zero attached hydrogens (tertiary/aromatic N) is 4. The maximum Gasteiger partial charge on any atom is 0.293 e. The van der Waals surface area contributed by atoms with Crippen LogP contribution in [-0.4, -0.2) is 64.6 Å². The van der Waals surface area contributed by atoms with Crippen LogP contribution in [0.1, 0.15) is 16.2 Å². The van der Waals surface area contributed by atoms with E-state index in [0.29, 0.717) is 18.8 Å². The maximum atomic E-state index is 12.5. The first-order chi connectivity index (χ1) is 12.5. The third kappa shape index (κ3) is 3.89. The van der Waals surface area contributed by atoms with Gasteiger partial charge in [-0.25, -0.2) is 4.98 Å². The van der Waals surface area contributed by atoms with E-state index in [0.717, 1.165) is 13.1 Å². The van der Waals surface area contributed by atoms with E-state index < -0.39 is 4.92 Å². The van der Waals surface area contributed by atoms with Gasteiger partial charge in [-0.2, -0.15) is 0 Å². The number of hydrogen-bond donors (Lipinski definition) is 1. The number of nitro benzene ring substituents is 1. The second kappa shape index (κ2) is 7.63. The lowest BCUT2D eigenvalue weighted by Crippen LogP contribution is -2.43. The molecule has 1 aliphatic heterocycles. The van der Waals surface area contributed by atoms with Gasteiger partial charge in [0, 0.05) is 50.7 Å². The molecule has 138 valence electrons. The fourth-order valence-corrected chi connectivity index (χ4v) is 2.90. The molecule has 0 amide bonds. The van der Waals surface area contributed by atoms with Crippen molar-refractivity contribution in [1.82, 2.24) is 14.5 Å². The van der Waals surface area contributed by atoms with Gasteiger partial charge in [-0.05, 0) is 19.2 Å². The zero-order valence-corrected chi connectivity index (χ0v) is 14.7. The highest BCUT2D eigenvalue weighted by atomic mass is 16.6. The number of morpholine rings is 1. The van der Waals surface area contributed by atoms with E-state index in [4.69, 9.17) is 4.74 Å². The van der Waals surface area contributed by atoms with Crippen LogP contribution in [0.3, 0.4) is 0 Å². The van der Waals surface area contributed by atoms with Gasteiger partial charge in [0.1, 0.15) is 5.69 Å². The highest BCUT2D eigenvalue weighted by Crippen LogP contribution is 2.26. The van der Waals surface area contributed by atoms with Crippen molar-refractivity contribution in [1.29, 1.82) is 0 Å². The molecule has 1 fully saturated rings. The van der Waals surface area contributed by atoms with Gasteiger partial charge in [-0.15, -0.1) is 0 Å². The van der Waals surface area contributed by atoms with Crippen molar-refractivity contribution in [2.75, 3.05) is 38.6 Å². The summed E-state index contributed by atoms with van der Waals surface area (Å²) in [5.74, 6) is -0.122. The summed E-state index contributed by atoms with van der Waals surface area (Å²) in [7, 11) is 3.71. The van der Waals surface area contributed by atoms with Crippen LogP contribution in [0.5, 0.6) is 0 Å². The van der Waals surface area contributed by atoms with Crippen molar-refractivity contribution in [3.8, 4) is 0 Å². The molecule has 0 saturated carbocycles. The molecule has 0 radical (unpaired) electrons. The molecule has 1 unspecified atom stereocenters. The normalized spacial score (nSPS) is 17.8. The Hall–Kier alpha value is -2.78. The monoisotopic (exact) mass is 359 g/mol. The summed E-state index contributed by atoms with van der Waals surface area (Å²) in [6.07, 6.45) is 3.12. The number of rotatable bonds is 6. The summed E-state index contributed by atoms with van der Waals surface area (Å²) in [5, 5.41) is 14.5. The lowest BCUT2D eigenvalue weighted by atomic mass is 10.1. The van der Waals surface area contributed by atoms with E-state index in [1.165, 1.54) is 12.3 Å². The zero-order chi connectivity index (χ0) is 18.7. The number of aromatic nitrogens is 2. The van der Waals surface area contributed by atoms with E-state index >= 15 is 0 Å². The van der Waals surface area contributed by atoms with Crippen LogP contribution in [0.4, 0.5) is 11.4 Å². The number of anilines is 1. The Bertz CT molecular complexity index is 819. The SMILES string of the molecule is CN1CCOC(CNc2ccc(C(=O)c3nccn3C)cc2[N+](=O)[O-])C1. The summed E-state index contributed by atoms with van der Waals surface area (Å²) >= 11 is 0. The number of ketones is 1. The number of nitro groups is 1. The highest BCUT2D eigenvalue weighted by Gasteiger charge is 2.22. The van der Waals surface area contributed by atoms with Crippen LogP contribution < -0.4 is 5.32 Å². The van der Waals surface area contributed by atoms with Crippen LogP contribution in [-0.2, 0) is 11.8 Å². The summed E-state index contributed by atoms with van der Waals surface area (Å²) in [4.78, 5) is 29.6. The minimum absolute atomic E-state index is 0.0396. The molecular formula is C17H21N5O4. The molecule has 1 N–H and O–H groups in total. The molecule has 9 heteroatoms. The van der Waals surface area contributed by atoms with E-state index in [9.17, 15) is 14.9 Å². The number of ether oxygens (including phenoxy) is 1. The van der Waals surface area contributed by atoms with Crippen LogP contribution in [0.2, 0.25) is 0 Å². The third-order valence-electron chi connectivity index (χ3n) is 4.34. The van der Waals surface area contributed by atoms with E-state index in [-0.39, 0.29) is 29.0 Å². The van der Waals surface area contributed by atoms with Crippen molar-refractivity contribution < 1.29 is 14.5 Å². The van der Waals surface area contributed by atoms with Gasteiger partial charge in [0.15, 0.2) is 5.82 Å². The van der Waals surface area contributed by atoms with Gasteiger partial charge in [-0.1, -0.05) is 0 Å². The lowest BCUT2D eigenvalue weighted by Gasteiger charge is -2.30. The minimum atomic E-state index is -0.495. The van der Waals surface area contributed by atoms with Gasteiger partial charge >= 0.3 is 0 Å².